The summed E-state index contributed by atoms with van der Waals surface area (Å²) in [5, 5.41) is 8.33. The van der Waals surface area contributed by atoms with E-state index in [2.05, 4.69) is 4.52 Å². The maximum Gasteiger partial charge on any atom is 0.697 e. The van der Waals surface area contributed by atoms with Crippen LogP contribution in [0.1, 0.15) is 0 Å². The van der Waals surface area contributed by atoms with Crippen LogP contribution in [0, 0.1) is 0 Å². The summed E-state index contributed by atoms with van der Waals surface area (Å²) in [6.07, 6.45) is -1.34. The normalized spacial score (nSPS) is 15.6. The summed E-state index contributed by atoms with van der Waals surface area (Å²) >= 11 is 4.98. The number of rotatable bonds is 3. The molecule has 2 unspecified atom stereocenters. The van der Waals surface area contributed by atoms with E-state index in [9.17, 15) is 4.57 Å². The zero-order valence-electron chi connectivity index (χ0n) is 3.82. The summed E-state index contributed by atoms with van der Waals surface area (Å²) in [6.45, 7) is 0. The Balaban J connectivity index is 3.24. The Morgan fingerprint density at radius 1 is 1.88 bits per heavy atom. The van der Waals surface area contributed by atoms with E-state index >= 15 is 0 Å². The van der Waals surface area contributed by atoms with Gasteiger partial charge in [0.2, 0.25) is 6.29 Å². The minimum atomic E-state index is -2.73. The molecule has 0 heterocycles. The first-order valence-electron chi connectivity index (χ1n) is 1.73. The van der Waals surface area contributed by atoms with Crippen LogP contribution in [0.25, 0.3) is 0 Å². The lowest BCUT2D eigenvalue weighted by molar-refractivity contribution is 0.00115. The Morgan fingerprint density at radius 3 is 2.50 bits per heavy atom. The quantitative estimate of drug-likeness (QED) is 0.351. The van der Waals surface area contributed by atoms with Crippen molar-refractivity contribution in [1.29, 1.82) is 0 Å². The molecule has 0 amide bonds. The van der Waals surface area contributed by atoms with Gasteiger partial charge in [-0.15, -0.1) is 16.5 Å². The number of hydrogen-bond acceptors (Lipinski definition) is 3. The van der Waals surface area contributed by atoms with Crippen molar-refractivity contribution in [2.75, 3.05) is 5.88 Å². The standard InChI is InChI=1S/C2H4ClO4P/c3-1-2(4)7-8(5)6/h2,4H,1H2/p+1. The van der Waals surface area contributed by atoms with E-state index in [1.165, 1.54) is 0 Å². The highest BCUT2D eigenvalue weighted by atomic mass is 35.5. The number of hydrogen-bond donors (Lipinski definition) is 2. The molecular formula is C2H5ClO4P+. The average molecular weight is 159 g/mol. The van der Waals surface area contributed by atoms with Crippen LogP contribution in [-0.4, -0.2) is 22.2 Å². The monoisotopic (exact) mass is 159 g/mol. The number of halogens is 1. The molecule has 0 spiro atoms. The van der Waals surface area contributed by atoms with Crippen molar-refractivity contribution in [3.63, 3.8) is 0 Å². The maximum absolute atomic E-state index is 9.68. The second kappa shape index (κ2) is 4.18. The molecule has 6 heteroatoms. The van der Waals surface area contributed by atoms with Crippen molar-refractivity contribution in [3.05, 3.63) is 0 Å². The molecule has 0 aromatic rings. The summed E-state index contributed by atoms with van der Waals surface area (Å²) < 4.78 is 13.6. The van der Waals surface area contributed by atoms with Crippen LogP contribution in [0.15, 0.2) is 0 Å². The first-order chi connectivity index (χ1) is 3.66. The molecule has 0 rings (SSSR count). The second-order valence-corrected chi connectivity index (χ2v) is 1.95. The molecule has 0 aliphatic carbocycles. The molecule has 0 saturated heterocycles. The topological polar surface area (TPSA) is 66.8 Å². The van der Waals surface area contributed by atoms with Gasteiger partial charge in [0.1, 0.15) is 0 Å². The van der Waals surface area contributed by atoms with E-state index in [0.717, 1.165) is 0 Å². The third kappa shape index (κ3) is 4.43. The Hall–Kier alpha value is 0.270. The summed E-state index contributed by atoms with van der Waals surface area (Å²) in [4.78, 5) is 7.92. The van der Waals surface area contributed by atoms with Crippen LogP contribution in [-0.2, 0) is 9.09 Å². The van der Waals surface area contributed by atoms with Gasteiger partial charge in [-0.3, -0.25) is 0 Å². The molecule has 2 N–H and O–H groups in total. The van der Waals surface area contributed by atoms with Crippen molar-refractivity contribution in [2.24, 2.45) is 0 Å². The Labute approximate surface area is 52.0 Å². The van der Waals surface area contributed by atoms with Crippen LogP contribution in [0.3, 0.4) is 0 Å². The first kappa shape index (κ1) is 8.27. The van der Waals surface area contributed by atoms with Gasteiger partial charge < -0.3 is 5.11 Å². The van der Waals surface area contributed by atoms with Gasteiger partial charge >= 0.3 is 8.25 Å². The molecular weight excluding hydrogens is 154 g/mol. The predicted octanol–water partition coefficient (Wildman–Crippen LogP) is 0.210. The van der Waals surface area contributed by atoms with Gasteiger partial charge in [-0.05, 0) is 0 Å². The fourth-order valence-electron chi connectivity index (χ4n) is 0.132. The van der Waals surface area contributed by atoms with E-state index in [4.69, 9.17) is 21.6 Å². The van der Waals surface area contributed by atoms with Gasteiger partial charge in [0.15, 0.2) is 0 Å². The van der Waals surface area contributed by atoms with Crippen molar-refractivity contribution < 1.29 is 19.1 Å². The minimum absolute atomic E-state index is 0.207. The number of alkyl halides is 1. The number of aliphatic hydroxyl groups excluding tert-OH is 1. The Kier molecular flexibility index (Phi) is 4.32. The Morgan fingerprint density at radius 2 is 2.38 bits per heavy atom. The third-order valence-electron chi connectivity index (χ3n) is 0.344. The van der Waals surface area contributed by atoms with E-state index in [0.29, 0.717) is 0 Å². The van der Waals surface area contributed by atoms with Crippen molar-refractivity contribution >= 4 is 19.9 Å². The molecule has 0 radical (unpaired) electrons. The SMILES string of the molecule is O=[P+](O)OC(O)CCl. The highest BCUT2D eigenvalue weighted by Gasteiger charge is 2.18. The lowest BCUT2D eigenvalue weighted by atomic mass is 10.8. The smallest absolute Gasteiger partial charge is 0.363 e. The van der Waals surface area contributed by atoms with Gasteiger partial charge in [-0.25, -0.2) is 0 Å². The van der Waals surface area contributed by atoms with Gasteiger partial charge in [0.05, 0.1) is 5.88 Å². The summed E-state index contributed by atoms with van der Waals surface area (Å²) in [5.41, 5.74) is 0. The van der Waals surface area contributed by atoms with Crippen LogP contribution in [0.2, 0.25) is 0 Å². The lowest BCUT2D eigenvalue weighted by Gasteiger charge is -1.91. The molecule has 48 valence electrons. The fraction of sp³-hybridized carbons (Fsp3) is 1.00. The van der Waals surface area contributed by atoms with E-state index in [1.807, 2.05) is 0 Å². The molecule has 4 nitrogen and oxygen atoms in total. The van der Waals surface area contributed by atoms with Crippen LogP contribution in [0.4, 0.5) is 0 Å². The molecule has 8 heavy (non-hydrogen) atoms. The summed E-state index contributed by atoms with van der Waals surface area (Å²) in [7, 11) is -2.73. The molecule has 0 aliphatic heterocycles. The number of aliphatic hydroxyl groups is 1. The van der Waals surface area contributed by atoms with Gasteiger partial charge in [-0.2, -0.15) is 0 Å². The zero-order chi connectivity index (χ0) is 6.57. The van der Waals surface area contributed by atoms with Crippen molar-refractivity contribution in [3.8, 4) is 0 Å². The van der Waals surface area contributed by atoms with Gasteiger partial charge in [0.25, 0.3) is 0 Å². The molecule has 0 aromatic carbocycles. The van der Waals surface area contributed by atoms with Crippen LogP contribution in [0.5, 0.6) is 0 Å². The van der Waals surface area contributed by atoms with E-state index in [-0.39, 0.29) is 5.88 Å². The zero-order valence-corrected chi connectivity index (χ0v) is 5.47. The molecule has 0 aliphatic rings. The minimum Gasteiger partial charge on any atom is -0.363 e. The van der Waals surface area contributed by atoms with E-state index < -0.39 is 14.5 Å². The van der Waals surface area contributed by atoms with E-state index in [1.54, 1.807) is 0 Å². The molecule has 0 bridgehead atoms. The van der Waals surface area contributed by atoms with Crippen LogP contribution >= 0.6 is 19.9 Å². The summed E-state index contributed by atoms with van der Waals surface area (Å²) in [6, 6.07) is 0. The maximum atomic E-state index is 9.68. The predicted molar refractivity (Wildman–Crippen MR) is 27.6 cm³/mol. The molecule has 0 aromatic heterocycles. The highest BCUT2D eigenvalue weighted by molar-refractivity contribution is 7.32. The molecule has 2 atom stereocenters. The molecule has 0 fully saturated rings. The molecule has 0 saturated carbocycles. The fourth-order valence-corrected chi connectivity index (χ4v) is 0.566. The van der Waals surface area contributed by atoms with Crippen molar-refractivity contribution in [2.45, 2.75) is 6.29 Å². The average Bonchev–Trinajstić information content (AvgIpc) is 1.65. The third-order valence-corrected chi connectivity index (χ3v) is 1.03. The summed E-state index contributed by atoms with van der Waals surface area (Å²) in [5.74, 6) is -0.207. The lowest BCUT2D eigenvalue weighted by Crippen LogP contribution is -2.08. The highest BCUT2D eigenvalue weighted by Crippen LogP contribution is 2.16. The van der Waals surface area contributed by atoms with Crippen LogP contribution < -0.4 is 0 Å². The largest absolute Gasteiger partial charge is 0.697 e. The Bertz CT molecular complexity index is 86.1. The first-order valence-corrected chi connectivity index (χ1v) is 3.40. The van der Waals surface area contributed by atoms with Crippen molar-refractivity contribution in [1.82, 2.24) is 0 Å². The second-order valence-electron chi connectivity index (χ2n) is 0.952. The van der Waals surface area contributed by atoms with Gasteiger partial charge in [0, 0.05) is 4.57 Å². The van der Waals surface area contributed by atoms with Gasteiger partial charge in [-0.1, -0.05) is 4.52 Å².